The van der Waals surface area contributed by atoms with E-state index in [1.54, 1.807) is 60.7 Å². The minimum atomic E-state index is -4.51. The summed E-state index contributed by atoms with van der Waals surface area (Å²) in [6, 6.07) is 22.5. The molecule has 0 radical (unpaired) electrons. The van der Waals surface area contributed by atoms with Crippen molar-refractivity contribution in [1.29, 1.82) is 0 Å². The summed E-state index contributed by atoms with van der Waals surface area (Å²) in [4.78, 5) is 0. The Balaban J connectivity index is 1.99. The van der Waals surface area contributed by atoms with Gasteiger partial charge in [-0.1, -0.05) is 60.7 Å². The van der Waals surface area contributed by atoms with Gasteiger partial charge in [0.25, 0.3) is 0 Å². The van der Waals surface area contributed by atoms with Crippen LogP contribution in [-0.2, 0) is 6.18 Å². The van der Waals surface area contributed by atoms with E-state index in [2.05, 4.69) is 0 Å². The Kier molecular flexibility index (Phi) is 4.98. The van der Waals surface area contributed by atoms with Crippen molar-refractivity contribution in [2.75, 3.05) is 0 Å². The van der Waals surface area contributed by atoms with Gasteiger partial charge in [-0.3, -0.25) is 0 Å². The predicted octanol–water partition coefficient (Wildman–Crippen LogP) is 4.56. The molecule has 0 saturated heterocycles. The van der Waals surface area contributed by atoms with Gasteiger partial charge in [-0.25, -0.2) is 0 Å². The summed E-state index contributed by atoms with van der Waals surface area (Å²) in [5.41, 5.74) is -0.866. The summed E-state index contributed by atoms with van der Waals surface area (Å²) in [5, 5.41) is 0. The molecule has 25 heavy (non-hydrogen) atoms. The highest BCUT2D eigenvalue weighted by Gasteiger charge is 2.40. The molecule has 6 heteroatoms. The molecular weight excluding hydrogens is 328 g/mol. The number of hydrogen-bond acceptors (Lipinski definition) is 2. The lowest BCUT2D eigenvalue weighted by Crippen LogP contribution is -2.46. The van der Waals surface area contributed by atoms with Crippen LogP contribution in [0, 0.1) is 0 Å². The fourth-order valence-corrected chi connectivity index (χ4v) is 2.36. The minimum Gasteiger partial charge on any atom is -0.522 e. The van der Waals surface area contributed by atoms with E-state index in [4.69, 9.17) is 9.31 Å². The van der Waals surface area contributed by atoms with E-state index in [0.717, 1.165) is 6.07 Å². The van der Waals surface area contributed by atoms with Crippen LogP contribution in [0.25, 0.3) is 0 Å². The van der Waals surface area contributed by atoms with Crippen LogP contribution in [0.2, 0.25) is 0 Å². The lowest BCUT2D eigenvalue weighted by molar-refractivity contribution is -0.136. The molecule has 0 aliphatic heterocycles. The van der Waals surface area contributed by atoms with Gasteiger partial charge in [0.05, 0.1) is 5.56 Å². The maximum Gasteiger partial charge on any atom is 0.633 e. The van der Waals surface area contributed by atoms with Gasteiger partial charge in [-0.15, -0.1) is 0 Å². The summed E-state index contributed by atoms with van der Waals surface area (Å²) < 4.78 is 51.6. The molecule has 3 rings (SSSR count). The molecule has 3 aromatic carbocycles. The standard InChI is InChI=1S/C19H14BF3O2/c21-19(22,23)17-13-7-8-14-18(17)20(24-15-9-3-1-4-10-15)25-16-11-5-2-6-12-16/h1-14H. The van der Waals surface area contributed by atoms with Crippen molar-refractivity contribution < 1.29 is 22.5 Å². The first kappa shape index (κ1) is 17.0. The van der Waals surface area contributed by atoms with Crippen molar-refractivity contribution in [2.24, 2.45) is 0 Å². The smallest absolute Gasteiger partial charge is 0.522 e. The average Bonchev–Trinajstić information content (AvgIpc) is 2.62. The maximum atomic E-state index is 13.4. The number of halogens is 3. The second kappa shape index (κ2) is 7.34. The molecule has 0 unspecified atom stereocenters. The topological polar surface area (TPSA) is 18.5 Å². The summed E-state index contributed by atoms with van der Waals surface area (Å²) in [5.74, 6) is 0.834. The molecule has 0 spiro atoms. The van der Waals surface area contributed by atoms with Crippen molar-refractivity contribution in [1.82, 2.24) is 0 Å². The largest absolute Gasteiger partial charge is 0.633 e. The number of benzene rings is 3. The molecular formula is C19H14BF3O2. The molecule has 0 fully saturated rings. The van der Waals surface area contributed by atoms with Gasteiger partial charge in [0, 0.05) is 5.46 Å². The van der Waals surface area contributed by atoms with E-state index in [9.17, 15) is 13.2 Å². The van der Waals surface area contributed by atoms with Crippen LogP contribution >= 0.6 is 0 Å². The van der Waals surface area contributed by atoms with Crippen LogP contribution < -0.4 is 14.8 Å². The molecule has 0 bridgehead atoms. The normalized spacial score (nSPS) is 11.0. The number of alkyl halides is 3. The Hall–Kier alpha value is -2.89. The summed E-state index contributed by atoms with van der Waals surface area (Å²) in [7, 11) is -1.23. The molecule has 0 aromatic heterocycles. The van der Waals surface area contributed by atoms with Crippen molar-refractivity contribution >= 4 is 12.6 Å². The van der Waals surface area contributed by atoms with Gasteiger partial charge in [-0.05, 0) is 24.3 Å². The molecule has 0 amide bonds. The summed E-state index contributed by atoms with van der Waals surface area (Å²) in [6.07, 6.45) is -4.51. The van der Waals surface area contributed by atoms with E-state index < -0.39 is 18.9 Å². The van der Waals surface area contributed by atoms with Crippen molar-refractivity contribution in [3.05, 3.63) is 90.5 Å². The minimum absolute atomic E-state index is 0.0808. The highest BCUT2D eigenvalue weighted by molar-refractivity contribution is 6.63. The quantitative estimate of drug-likeness (QED) is 0.633. The average molecular weight is 342 g/mol. The van der Waals surface area contributed by atoms with Crippen LogP contribution in [0.1, 0.15) is 5.56 Å². The van der Waals surface area contributed by atoms with Crippen LogP contribution in [0.3, 0.4) is 0 Å². The monoisotopic (exact) mass is 342 g/mol. The van der Waals surface area contributed by atoms with Crippen molar-refractivity contribution in [2.45, 2.75) is 6.18 Å². The third-order valence-corrected chi connectivity index (χ3v) is 3.49. The molecule has 126 valence electrons. The first-order valence-electron chi connectivity index (χ1n) is 7.63. The first-order valence-corrected chi connectivity index (χ1v) is 7.63. The number of rotatable bonds is 5. The third-order valence-electron chi connectivity index (χ3n) is 3.49. The fourth-order valence-electron chi connectivity index (χ4n) is 2.36. The summed E-state index contributed by atoms with van der Waals surface area (Å²) in [6.45, 7) is 0. The van der Waals surface area contributed by atoms with Gasteiger partial charge in [0.15, 0.2) is 0 Å². The lowest BCUT2D eigenvalue weighted by Gasteiger charge is -2.20. The van der Waals surface area contributed by atoms with E-state index in [1.165, 1.54) is 18.2 Å². The summed E-state index contributed by atoms with van der Waals surface area (Å²) >= 11 is 0. The van der Waals surface area contributed by atoms with Crippen LogP contribution in [0.5, 0.6) is 11.5 Å². The molecule has 3 aromatic rings. The first-order chi connectivity index (χ1) is 12.0. The Morgan fingerprint density at radius 1 is 0.600 bits per heavy atom. The zero-order valence-electron chi connectivity index (χ0n) is 13.1. The maximum absolute atomic E-state index is 13.4. The van der Waals surface area contributed by atoms with Crippen LogP contribution in [-0.4, -0.2) is 7.12 Å². The second-order valence-electron chi connectivity index (χ2n) is 5.28. The van der Waals surface area contributed by atoms with Gasteiger partial charge in [0.1, 0.15) is 11.5 Å². The highest BCUT2D eigenvalue weighted by Crippen LogP contribution is 2.28. The highest BCUT2D eigenvalue weighted by atomic mass is 19.4. The van der Waals surface area contributed by atoms with Gasteiger partial charge in [0.2, 0.25) is 0 Å². The van der Waals surface area contributed by atoms with Gasteiger partial charge >= 0.3 is 13.3 Å². The fraction of sp³-hybridized carbons (Fsp3) is 0.0526. The SMILES string of the molecule is FC(F)(F)c1ccccc1B(Oc1ccccc1)Oc1ccccc1. The Bertz CT molecular complexity index is 766. The molecule has 0 N–H and O–H groups in total. The van der Waals surface area contributed by atoms with E-state index in [1.807, 2.05) is 0 Å². The van der Waals surface area contributed by atoms with Crippen molar-refractivity contribution in [3.8, 4) is 11.5 Å². The number of hydrogen-bond donors (Lipinski definition) is 0. The molecule has 0 atom stereocenters. The molecule has 0 aliphatic rings. The molecule has 0 aliphatic carbocycles. The second-order valence-corrected chi connectivity index (χ2v) is 5.28. The Morgan fingerprint density at radius 2 is 1.04 bits per heavy atom. The third kappa shape index (κ3) is 4.35. The molecule has 0 heterocycles. The van der Waals surface area contributed by atoms with E-state index in [-0.39, 0.29) is 5.46 Å². The van der Waals surface area contributed by atoms with Gasteiger partial charge < -0.3 is 9.31 Å². The predicted molar refractivity (Wildman–Crippen MR) is 91.0 cm³/mol. The van der Waals surface area contributed by atoms with Gasteiger partial charge in [-0.2, -0.15) is 13.2 Å². The van der Waals surface area contributed by atoms with Crippen molar-refractivity contribution in [3.63, 3.8) is 0 Å². The zero-order chi connectivity index (χ0) is 17.7. The molecule has 2 nitrogen and oxygen atoms in total. The van der Waals surface area contributed by atoms with Crippen LogP contribution in [0.4, 0.5) is 13.2 Å². The van der Waals surface area contributed by atoms with E-state index >= 15 is 0 Å². The lowest BCUT2D eigenvalue weighted by atomic mass is 9.75. The zero-order valence-corrected chi connectivity index (χ0v) is 13.1. The van der Waals surface area contributed by atoms with E-state index in [0.29, 0.717) is 11.5 Å². The Labute approximate surface area is 144 Å². The van der Waals surface area contributed by atoms with Crippen LogP contribution in [0.15, 0.2) is 84.9 Å². The molecule has 0 saturated carbocycles. The Morgan fingerprint density at radius 3 is 1.52 bits per heavy atom. The number of para-hydroxylation sites is 2.